The van der Waals surface area contributed by atoms with Gasteiger partial charge in [-0.3, -0.25) is 18.9 Å². The predicted octanol–water partition coefficient (Wildman–Crippen LogP) is 1.69. The van der Waals surface area contributed by atoms with Gasteiger partial charge in [-0.15, -0.1) is 0 Å². The number of hydrogen-bond acceptors (Lipinski definition) is 4. The minimum absolute atomic E-state index is 0.0638. The highest BCUT2D eigenvalue weighted by atomic mass is 16.5. The fraction of sp³-hybridized carbons (Fsp3) is 0.611. The Balaban J connectivity index is 1.73. The summed E-state index contributed by atoms with van der Waals surface area (Å²) in [6.45, 7) is 1.74. The molecule has 0 aromatic carbocycles. The van der Waals surface area contributed by atoms with Crippen molar-refractivity contribution in [3.63, 3.8) is 0 Å². The smallest absolute Gasteiger partial charge is 0.331 e. The van der Waals surface area contributed by atoms with Crippen LogP contribution in [-0.2, 0) is 18.3 Å². The molecular weight excluding hydrogens is 306 g/mol. The van der Waals surface area contributed by atoms with Crippen LogP contribution in [0.4, 0.5) is 0 Å². The Kier molecular flexibility index (Phi) is 3.79. The minimum Gasteiger partial charge on any atom is -0.380 e. The van der Waals surface area contributed by atoms with E-state index in [1.54, 1.807) is 25.5 Å². The summed E-state index contributed by atoms with van der Waals surface area (Å²) in [5, 5.41) is 0.545. The molecule has 0 bridgehead atoms. The van der Waals surface area contributed by atoms with Crippen molar-refractivity contribution in [2.45, 2.75) is 38.6 Å². The molecule has 0 radical (unpaired) electrons. The van der Waals surface area contributed by atoms with Gasteiger partial charge in [0.05, 0.1) is 30.3 Å². The molecule has 0 unspecified atom stereocenters. The monoisotopic (exact) mass is 329 g/mol. The van der Waals surface area contributed by atoms with E-state index >= 15 is 0 Å². The molecule has 1 saturated heterocycles. The quantitative estimate of drug-likeness (QED) is 0.856. The van der Waals surface area contributed by atoms with Crippen molar-refractivity contribution in [3.8, 4) is 0 Å². The van der Waals surface area contributed by atoms with E-state index in [0.29, 0.717) is 36.6 Å². The number of nitrogens with zero attached hydrogens (tertiary/aromatic N) is 3. The molecule has 2 aliphatic rings. The molecule has 24 heavy (non-hydrogen) atoms. The first kappa shape index (κ1) is 15.6. The SMILES string of the molecule is Cn1c(=O)n(CC2(CC3CCCC3)COC2)c(=O)c2ccncc21. The van der Waals surface area contributed by atoms with Gasteiger partial charge in [0.1, 0.15) is 0 Å². The zero-order valence-electron chi connectivity index (χ0n) is 14.0. The highest BCUT2D eigenvalue weighted by Gasteiger charge is 2.42. The zero-order valence-corrected chi connectivity index (χ0v) is 14.0. The van der Waals surface area contributed by atoms with Crippen LogP contribution in [0.1, 0.15) is 32.1 Å². The van der Waals surface area contributed by atoms with Gasteiger partial charge in [-0.1, -0.05) is 25.7 Å². The maximum Gasteiger partial charge on any atom is 0.331 e. The molecule has 4 rings (SSSR count). The third kappa shape index (κ3) is 2.49. The maximum absolute atomic E-state index is 12.8. The van der Waals surface area contributed by atoms with Crippen LogP contribution in [0.25, 0.3) is 10.9 Å². The number of rotatable bonds is 4. The van der Waals surface area contributed by atoms with E-state index in [1.165, 1.54) is 34.8 Å². The van der Waals surface area contributed by atoms with Gasteiger partial charge in [0, 0.05) is 25.2 Å². The van der Waals surface area contributed by atoms with Crippen molar-refractivity contribution in [3.05, 3.63) is 39.3 Å². The maximum atomic E-state index is 12.8. The molecule has 3 heterocycles. The third-order valence-corrected chi connectivity index (χ3v) is 5.66. The molecule has 0 N–H and O–H groups in total. The number of aryl methyl sites for hydroxylation is 1. The molecule has 1 saturated carbocycles. The van der Waals surface area contributed by atoms with Gasteiger partial charge < -0.3 is 4.74 Å². The summed E-state index contributed by atoms with van der Waals surface area (Å²) in [5.41, 5.74) is 0.0379. The number of fused-ring (bicyclic) bond motifs is 1. The minimum atomic E-state index is -0.266. The Morgan fingerprint density at radius 2 is 2.04 bits per heavy atom. The van der Waals surface area contributed by atoms with E-state index < -0.39 is 0 Å². The standard InChI is InChI=1S/C18H23N3O3/c1-20-15-9-19-7-6-14(15)16(22)21(17(20)23)10-18(11-24-12-18)8-13-4-2-3-5-13/h6-7,9,13H,2-5,8,10-12H2,1H3. The van der Waals surface area contributed by atoms with Crippen LogP contribution in [0.5, 0.6) is 0 Å². The second kappa shape index (κ2) is 5.84. The molecule has 6 nitrogen and oxygen atoms in total. The van der Waals surface area contributed by atoms with Crippen LogP contribution < -0.4 is 11.2 Å². The van der Waals surface area contributed by atoms with Gasteiger partial charge >= 0.3 is 5.69 Å². The van der Waals surface area contributed by atoms with Gasteiger partial charge in [0.25, 0.3) is 5.56 Å². The lowest BCUT2D eigenvalue weighted by Crippen LogP contribution is -2.52. The number of hydrogen-bond donors (Lipinski definition) is 0. The molecule has 2 aromatic rings. The Hall–Kier alpha value is -1.95. The number of pyridine rings is 1. The van der Waals surface area contributed by atoms with E-state index in [9.17, 15) is 9.59 Å². The third-order valence-electron chi connectivity index (χ3n) is 5.66. The molecule has 6 heteroatoms. The second-order valence-electron chi connectivity index (χ2n) is 7.47. The molecule has 128 valence electrons. The molecule has 0 amide bonds. The highest BCUT2D eigenvalue weighted by Crippen LogP contribution is 2.41. The van der Waals surface area contributed by atoms with Gasteiger partial charge in [-0.25, -0.2) is 4.79 Å². The van der Waals surface area contributed by atoms with Gasteiger partial charge in [-0.05, 0) is 18.4 Å². The van der Waals surface area contributed by atoms with Crippen LogP contribution in [0.2, 0.25) is 0 Å². The van der Waals surface area contributed by atoms with Crippen LogP contribution in [0, 0.1) is 11.3 Å². The lowest BCUT2D eigenvalue weighted by molar-refractivity contribution is -0.134. The second-order valence-corrected chi connectivity index (χ2v) is 7.47. The van der Waals surface area contributed by atoms with Gasteiger partial charge in [0.15, 0.2) is 0 Å². The van der Waals surface area contributed by atoms with Gasteiger partial charge in [-0.2, -0.15) is 0 Å². The number of aromatic nitrogens is 3. The fourth-order valence-corrected chi connectivity index (χ4v) is 4.32. The first-order valence-corrected chi connectivity index (χ1v) is 8.71. The topological polar surface area (TPSA) is 66.1 Å². The zero-order chi connectivity index (χ0) is 16.7. The molecule has 1 aliphatic heterocycles. The number of ether oxygens (including phenoxy) is 1. The van der Waals surface area contributed by atoms with E-state index in [4.69, 9.17) is 4.74 Å². The summed E-state index contributed by atoms with van der Waals surface area (Å²) in [7, 11) is 1.70. The van der Waals surface area contributed by atoms with Crippen LogP contribution >= 0.6 is 0 Å². The summed E-state index contributed by atoms with van der Waals surface area (Å²) in [5.74, 6) is 0.707. The molecular formula is C18H23N3O3. The molecule has 0 atom stereocenters. The van der Waals surface area contributed by atoms with Crippen molar-refractivity contribution in [2.75, 3.05) is 13.2 Å². The average Bonchev–Trinajstić information content (AvgIpc) is 3.07. The highest BCUT2D eigenvalue weighted by molar-refractivity contribution is 5.76. The van der Waals surface area contributed by atoms with Crippen molar-refractivity contribution in [1.82, 2.24) is 14.1 Å². The van der Waals surface area contributed by atoms with Crippen LogP contribution in [0.3, 0.4) is 0 Å². The van der Waals surface area contributed by atoms with Crippen molar-refractivity contribution < 1.29 is 4.74 Å². The Morgan fingerprint density at radius 1 is 1.29 bits per heavy atom. The lowest BCUT2D eigenvalue weighted by Gasteiger charge is -2.43. The van der Waals surface area contributed by atoms with Crippen molar-refractivity contribution in [2.24, 2.45) is 18.4 Å². The molecule has 2 fully saturated rings. The molecule has 2 aromatic heterocycles. The molecule has 0 spiro atoms. The summed E-state index contributed by atoms with van der Waals surface area (Å²) < 4.78 is 8.41. The van der Waals surface area contributed by atoms with Crippen molar-refractivity contribution in [1.29, 1.82) is 0 Å². The summed E-state index contributed by atoms with van der Waals surface area (Å²) in [6, 6.07) is 1.69. The van der Waals surface area contributed by atoms with Crippen LogP contribution in [-0.4, -0.2) is 27.3 Å². The van der Waals surface area contributed by atoms with Crippen molar-refractivity contribution >= 4 is 10.9 Å². The Morgan fingerprint density at radius 3 is 2.71 bits per heavy atom. The Bertz CT molecular complexity index is 873. The normalized spacial score (nSPS) is 20.4. The fourth-order valence-electron chi connectivity index (χ4n) is 4.32. The molecule has 1 aliphatic carbocycles. The first-order valence-electron chi connectivity index (χ1n) is 8.71. The van der Waals surface area contributed by atoms with E-state index in [0.717, 1.165) is 6.42 Å². The van der Waals surface area contributed by atoms with Crippen LogP contribution in [0.15, 0.2) is 28.0 Å². The van der Waals surface area contributed by atoms with Gasteiger partial charge in [0.2, 0.25) is 0 Å². The summed E-state index contributed by atoms with van der Waals surface area (Å²) in [4.78, 5) is 29.6. The predicted molar refractivity (Wildman–Crippen MR) is 91.1 cm³/mol. The first-order chi connectivity index (χ1) is 11.6. The average molecular weight is 329 g/mol. The summed E-state index contributed by atoms with van der Waals surface area (Å²) in [6.07, 6.45) is 9.34. The Labute approximate surface area is 140 Å². The van der Waals surface area contributed by atoms with E-state index in [-0.39, 0.29) is 16.7 Å². The summed E-state index contributed by atoms with van der Waals surface area (Å²) >= 11 is 0. The lowest BCUT2D eigenvalue weighted by atomic mass is 9.76. The van der Waals surface area contributed by atoms with E-state index in [2.05, 4.69) is 4.98 Å². The van der Waals surface area contributed by atoms with E-state index in [1.807, 2.05) is 0 Å². The largest absolute Gasteiger partial charge is 0.380 e.